The van der Waals surface area contributed by atoms with Gasteiger partial charge < -0.3 is 109 Å². The second-order valence-electron chi connectivity index (χ2n) is 35.1. The molecule has 0 spiro atoms. The second-order valence-corrected chi connectivity index (χ2v) is 35.8. The Hall–Kier alpha value is -9.66. The number of hydrogen-bond acceptors (Lipinski definition) is 26. The van der Waals surface area contributed by atoms with E-state index in [0.717, 1.165) is 32.1 Å². The van der Waals surface area contributed by atoms with E-state index in [4.69, 9.17) is 84.6 Å². The normalized spacial score (nSPS) is 25.2. The van der Waals surface area contributed by atoms with E-state index < -0.39 is 112 Å². The third-order valence-corrected chi connectivity index (χ3v) is 24.1. The zero-order valence-electron chi connectivity index (χ0n) is 71.3. The quantitative estimate of drug-likeness (QED) is 0.00685. The van der Waals surface area contributed by atoms with Gasteiger partial charge in [0.1, 0.15) is 130 Å². The van der Waals surface area contributed by atoms with Gasteiger partial charge in [-0.25, -0.2) is 29.1 Å². The number of nitrogens with zero attached hydrogens (tertiary/aromatic N) is 6. The molecule has 14 rings (SSSR count). The maximum absolute atomic E-state index is 14.8. The molecule has 2 unspecified atom stereocenters. The molecule has 6 heterocycles. The Bertz CT molecular complexity index is 4840. The van der Waals surface area contributed by atoms with Crippen molar-refractivity contribution in [1.29, 1.82) is 0 Å². The number of oxazole rings is 2. The number of nitrogens with one attached hydrogen (secondary N) is 6. The predicted octanol–water partition coefficient (Wildman–Crippen LogP) is 8.37. The molecule has 6 aliphatic carbocycles. The number of carbonyl (C=O) groups is 8. The van der Waals surface area contributed by atoms with Crippen molar-refractivity contribution < 1.29 is 125 Å². The Kier molecular flexibility index (Phi) is 31.3. The summed E-state index contributed by atoms with van der Waals surface area (Å²) in [5.41, 5.74) is -2.20. The number of methoxy groups -OCH3 is 3. The molecular formula is C86H115Cl2LiN12O22. The Balaban J connectivity index is 0.000000270. The van der Waals surface area contributed by atoms with Gasteiger partial charge in [-0.2, -0.15) is 9.97 Å². The molecule has 123 heavy (non-hydrogen) atoms. The van der Waals surface area contributed by atoms with E-state index in [0.29, 0.717) is 123 Å². The number of fused-ring (bicyclic) bond motifs is 4. The molecular weight excluding hydrogens is 1630 g/mol. The summed E-state index contributed by atoms with van der Waals surface area (Å²) in [6.45, 7) is 27.4. The number of amides is 6. The number of pyridine rings is 2. The van der Waals surface area contributed by atoms with Crippen molar-refractivity contribution in [1.82, 2.24) is 51.0 Å². The number of rotatable bonds is 32. The summed E-state index contributed by atoms with van der Waals surface area (Å²) in [7, 11) is 4.39. The van der Waals surface area contributed by atoms with Gasteiger partial charge in [0, 0.05) is 73.9 Å². The molecule has 6 amide bonds. The number of hydrogen-bond donors (Lipinski definition) is 7. The SMILES string of the molecule is C.C=C[C@@H]1C[C@]1(NC(=O)[C@@H]1C[C@@H](Oc2cc(-c3coc(NC(C)C)n3)nc3c(Cl)c(OCCOC)ccc23)CN1C(=O)[C@@H](NC(=O)OC1C[C@@H]2C[C@@H]2C1)C(C)(C)C)C(=O)O.C=C[C@@H]1C[C@]1(NC(=O)[C@@H]1C[C@@H](Oc2cc(-c3coc(NC(C)C)n3)nc3c(Cl)c(OCCOC)ccc23)CN1C(=O)[C@@H](NC(=O)OC1C[C@@H]2C[C@@H]2C1)C(C)(C)C)C(=O)OC.O.[Li+].[OH-]. The van der Waals surface area contributed by atoms with Crippen molar-refractivity contribution >= 4 is 105 Å². The van der Waals surface area contributed by atoms with Crippen LogP contribution in [0, 0.1) is 46.3 Å². The standard InChI is InChI=1S/C43H55ClN6O10.C42H53ClN6O10.CH4.Li.2H2O/c1-9-25-19-43(25,39(53)56-8)49-37(51)31-17-27(20-50(31)38(52)36(42(4,5)6)48-41(54)60-26-15-23-14-24(23)16-26)59-33-18-29(30-21-58-40(47-30)45-22(2)3)46-35-28(33)10-11-32(34(35)44)57-13-12-55-7;1-8-24-18-42(24,38(52)53)48-36(50)30-16-26(19-49(30)37(51)35(41(4,5)6)47-40(54)59-25-14-22-13-23(22)15-25)58-32-17-28(29-20-57-39(46-29)44-21(2)3)45-34-27(32)9-10-31(33(34)43)56-12-11-55-7;;;;/h9-11,18,21-27,31,36H,1,12-17,19-20H2,2-8H3,(H,45,47)(H,48,54)(H,49,51);8-10,17,20-26,30,35H,1,11-16,18-19H2,2-7H3,(H,44,46)(H,47,54)(H,48,50)(H,52,53);1H4;;2*1H2/q;;;+1;;/p-1/t23-,24+,25-,26?,27-,31+,36-,43-;22-,23+,24-,25?,26-,30+,35-,42-;;;;/m11..../s1. The number of anilines is 2. The molecule has 37 heteroatoms. The van der Waals surface area contributed by atoms with Crippen LogP contribution in [0.2, 0.25) is 10.0 Å². The first kappa shape index (κ1) is 97.1. The van der Waals surface area contributed by atoms with Crippen molar-refractivity contribution in [3.05, 3.63) is 84.3 Å². The predicted molar refractivity (Wildman–Crippen MR) is 451 cm³/mol. The van der Waals surface area contributed by atoms with Gasteiger partial charge in [0.2, 0.25) is 23.6 Å². The molecule has 2 saturated heterocycles. The van der Waals surface area contributed by atoms with Crippen LogP contribution < -0.4 is 69.7 Å². The number of benzene rings is 2. The molecule has 16 atom stereocenters. The van der Waals surface area contributed by atoms with Crippen LogP contribution in [0.1, 0.15) is 141 Å². The van der Waals surface area contributed by atoms with Crippen LogP contribution in [0.5, 0.6) is 23.0 Å². The second kappa shape index (κ2) is 39.7. The molecule has 6 aromatic rings. The number of carbonyl (C=O) groups excluding carboxylic acids is 7. The van der Waals surface area contributed by atoms with Crippen molar-refractivity contribution in [3.8, 4) is 45.8 Å². The summed E-state index contributed by atoms with van der Waals surface area (Å²) in [5, 5.41) is 29.2. The Labute approximate surface area is 736 Å². The van der Waals surface area contributed by atoms with E-state index in [9.17, 15) is 43.5 Å². The molecule has 2 aliphatic heterocycles. The summed E-state index contributed by atoms with van der Waals surface area (Å²) in [6.07, 6.45) is 8.78. The molecule has 0 bridgehead atoms. The zero-order chi connectivity index (χ0) is 85.5. The summed E-state index contributed by atoms with van der Waals surface area (Å²) < 4.78 is 63.5. The van der Waals surface area contributed by atoms with Gasteiger partial charge >= 0.3 is 43.0 Å². The molecule has 34 nitrogen and oxygen atoms in total. The van der Waals surface area contributed by atoms with Gasteiger partial charge in [0.25, 0.3) is 12.0 Å². The van der Waals surface area contributed by atoms with E-state index in [1.54, 1.807) is 56.7 Å². The van der Waals surface area contributed by atoms with Crippen LogP contribution in [0.3, 0.4) is 0 Å². The van der Waals surface area contributed by atoms with E-state index >= 15 is 0 Å². The Morgan fingerprint density at radius 1 is 0.561 bits per heavy atom. The van der Waals surface area contributed by atoms with Crippen molar-refractivity contribution in [3.63, 3.8) is 0 Å². The monoisotopic (exact) mass is 1740 g/mol. The van der Waals surface area contributed by atoms with Crippen LogP contribution in [-0.2, 0) is 52.5 Å². The maximum atomic E-state index is 14.8. The summed E-state index contributed by atoms with van der Waals surface area (Å²) >= 11 is 13.9. The van der Waals surface area contributed by atoms with Gasteiger partial charge in [-0.15, -0.1) is 13.2 Å². The van der Waals surface area contributed by atoms with Crippen LogP contribution in [0.25, 0.3) is 44.6 Å². The first-order chi connectivity index (χ1) is 56.5. The average molecular weight is 1750 g/mol. The van der Waals surface area contributed by atoms with E-state index in [-0.39, 0.29) is 123 Å². The third-order valence-electron chi connectivity index (χ3n) is 23.3. The minimum atomic E-state index is -1.54. The fourth-order valence-corrected chi connectivity index (χ4v) is 17.2. The largest absolute Gasteiger partial charge is 1.00 e. The topological polar surface area (TPSA) is 458 Å². The summed E-state index contributed by atoms with van der Waals surface area (Å²) in [4.78, 5) is 132. The Morgan fingerprint density at radius 2 is 0.943 bits per heavy atom. The maximum Gasteiger partial charge on any atom is 1.00 e. The van der Waals surface area contributed by atoms with E-state index in [2.05, 4.69) is 55.0 Å². The molecule has 8 aliphatic rings. The third kappa shape index (κ3) is 21.8. The molecule has 6 saturated carbocycles. The molecule has 0 radical (unpaired) electrons. The van der Waals surface area contributed by atoms with Gasteiger partial charge in [-0.3, -0.25) is 19.2 Å². The fraction of sp³-hybridized carbons (Fsp3) is 0.581. The van der Waals surface area contributed by atoms with Crippen LogP contribution in [-0.4, -0.2) is 226 Å². The molecule has 4 aromatic heterocycles. The first-order valence-electron chi connectivity index (χ1n) is 40.6. The number of aliphatic carboxylic acids is 1. The number of aromatic nitrogens is 4. The molecule has 666 valence electrons. The first-order valence-corrected chi connectivity index (χ1v) is 41.4. The number of ether oxygens (including phenoxy) is 9. The number of alkyl carbamates (subject to hydrolysis) is 2. The summed E-state index contributed by atoms with van der Waals surface area (Å²) in [6, 6.07) is 6.59. The van der Waals surface area contributed by atoms with Crippen molar-refractivity contribution in [2.24, 2.45) is 46.3 Å². The zero-order valence-corrected chi connectivity index (χ0v) is 72.8. The number of carboxylic acid groups (broad SMARTS) is 1. The van der Waals surface area contributed by atoms with Gasteiger partial charge in [-0.05, 0) is 138 Å². The van der Waals surface area contributed by atoms with Crippen LogP contribution >= 0.6 is 23.2 Å². The number of carboxylic acids is 1. The summed E-state index contributed by atoms with van der Waals surface area (Å²) in [5.74, 6) is -1.10. The smallest absolute Gasteiger partial charge is 0.870 e. The van der Waals surface area contributed by atoms with E-state index in [1.807, 2.05) is 69.2 Å². The molecule has 8 fully saturated rings. The number of halogens is 2. The minimum absolute atomic E-state index is 0. The minimum Gasteiger partial charge on any atom is -0.870 e. The van der Waals surface area contributed by atoms with Gasteiger partial charge in [0.05, 0.1) is 55.8 Å². The van der Waals surface area contributed by atoms with Crippen LogP contribution in [0.15, 0.2) is 83.1 Å². The fourth-order valence-electron chi connectivity index (χ4n) is 16.6. The molecule has 10 N–H and O–H groups in total. The average Bonchev–Trinajstić information content (AvgIpc) is 1.47. The van der Waals surface area contributed by atoms with Crippen molar-refractivity contribution in [2.75, 3.05) is 71.5 Å². The Morgan fingerprint density at radius 3 is 1.28 bits per heavy atom. The van der Waals surface area contributed by atoms with Gasteiger partial charge in [0.15, 0.2) is 0 Å². The van der Waals surface area contributed by atoms with E-state index in [1.165, 1.54) is 41.9 Å². The van der Waals surface area contributed by atoms with Crippen molar-refractivity contribution in [2.45, 2.75) is 213 Å². The van der Waals surface area contributed by atoms with Gasteiger partial charge in [-0.1, -0.05) is 84.3 Å². The molecule has 2 aromatic carbocycles. The van der Waals surface area contributed by atoms with Crippen LogP contribution in [0.4, 0.5) is 21.6 Å². The number of esters is 1. The number of likely N-dealkylation sites (tertiary alicyclic amines) is 2.